The number of fused-ring (bicyclic) bond motifs is 1. The average molecular weight is 561 g/mol. The molecule has 1 aliphatic heterocycles. The summed E-state index contributed by atoms with van der Waals surface area (Å²) < 4.78 is 18.4. The van der Waals surface area contributed by atoms with E-state index in [0.29, 0.717) is 59.7 Å². The van der Waals surface area contributed by atoms with Crippen molar-refractivity contribution in [1.82, 2.24) is 4.57 Å². The van der Waals surface area contributed by atoms with Gasteiger partial charge in [-0.25, -0.2) is 9.79 Å². The minimum absolute atomic E-state index is 0.181. The second-order valence-corrected chi connectivity index (χ2v) is 10.1. The van der Waals surface area contributed by atoms with Crippen LogP contribution in [0.4, 0.5) is 0 Å². The average Bonchev–Trinajstić information content (AvgIpc) is 3.18. The Kier molecular flexibility index (Phi) is 8.42. The summed E-state index contributed by atoms with van der Waals surface area (Å²) >= 11 is 13.8. The quantitative estimate of drug-likeness (QED) is 0.366. The van der Waals surface area contributed by atoms with Crippen molar-refractivity contribution in [1.29, 1.82) is 0 Å². The number of benzene rings is 2. The van der Waals surface area contributed by atoms with Gasteiger partial charge in [0, 0.05) is 21.2 Å². The fourth-order valence-electron chi connectivity index (χ4n) is 4.29. The number of thiazole rings is 1. The summed E-state index contributed by atoms with van der Waals surface area (Å²) in [7, 11) is 3.08. The largest absolute Gasteiger partial charge is 0.496 e. The summed E-state index contributed by atoms with van der Waals surface area (Å²) in [6.07, 6.45) is 2.99. The van der Waals surface area contributed by atoms with Crippen LogP contribution in [0.2, 0.25) is 10.0 Å². The molecule has 7 nitrogen and oxygen atoms in total. The first-order valence-corrected chi connectivity index (χ1v) is 13.3. The maximum absolute atomic E-state index is 13.9. The van der Waals surface area contributed by atoms with Gasteiger partial charge < -0.3 is 14.2 Å². The third-order valence-corrected chi connectivity index (χ3v) is 7.31. The first kappa shape index (κ1) is 27.0. The summed E-state index contributed by atoms with van der Waals surface area (Å²) in [5.74, 6) is 0.523. The van der Waals surface area contributed by atoms with Crippen molar-refractivity contribution < 1.29 is 19.0 Å². The molecule has 0 spiro atoms. The summed E-state index contributed by atoms with van der Waals surface area (Å²) in [6.45, 7) is 3.92. The topological polar surface area (TPSA) is 79.1 Å². The number of hydrogen-bond acceptors (Lipinski definition) is 7. The Bertz CT molecular complexity index is 1560. The van der Waals surface area contributed by atoms with E-state index in [-0.39, 0.29) is 12.2 Å². The number of methoxy groups -OCH3 is 2. The molecular formula is C27H26Cl2N2O5S. The van der Waals surface area contributed by atoms with Crippen LogP contribution < -0.4 is 24.4 Å². The number of ether oxygens (including phenoxy) is 3. The first-order chi connectivity index (χ1) is 17.8. The zero-order valence-corrected chi connectivity index (χ0v) is 23.2. The minimum Gasteiger partial charge on any atom is -0.496 e. The van der Waals surface area contributed by atoms with Gasteiger partial charge in [-0.05, 0) is 55.8 Å². The fourth-order valence-corrected chi connectivity index (χ4v) is 5.67. The van der Waals surface area contributed by atoms with E-state index in [9.17, 15) is 9.59 Å². The molecule has 194 valence electrons. The van der Waals surface area contributed by atoms with Crippen LogP contribution in [-0.4, -0.2) is 31.4 Å². The van der Waals surface area contributed by atoms with Crippen molar-refractivity contribution in [3.05, 3.63) is 88.5 Å². The molecule has 1 aromatic heterocycles. The minimum atomic E-state index is -0.839. The van der Waals surface area contributed by atoms with Crippen LogP contribution in [0.5, 0.6) is 11.5 Å². The molecule has 0 saturated carbocycles. The number of carbonyl (C=O) groups excluding carboxylic acids is 1. The highest BCUT2D eigenvalue weighted by Gasteiger charge is 2.36. The van der Waals surface area contributed by atoms with E-state index >= 15 is 0 Å². The van der Waals surface area contributed by atoms with Crippen molar-refractivity contribution in [2.45, 2.75) is 32.7 Å². The van der Waals surface area contributed by atoms with Gasteiger partial charge in [0.25, 0.3) is 5.56 Å². The van der Waals surface area contributed by atoms with Gasteiger partial charge in [0.2, 0.25) is 0 Å². The molecule has 2 aromatic carbocycles. The Labute approximate surface area is 228 Å². The molecule has 0 amide bonds. The van der Waals surface area contributed by atoms with Gasteiger partial charge in [0.15, 0.2) is 4.80 Å². The fraction of sp³-hybridized carbons (Fsp3) is 0.296. The molecule has 0 aliphatic carbocycles. The van der Waals surface area contributed by atoms with Gasteiger partial charge in [0.1, 0.15) is 17.5 Å². The first-order valence-electron chi connectivity index (χ1n) is 11.7. The molecule has 0 bridgehead atoms. The zero-order chi connectivity index (χ0) is 26.7. The zero-order valence-electron chi connectivity index (χ0n) is 20.8. The predicted octanol–water partition coefficient (Wildman–Crippen LogP) is 4.90. The molecule has 0 fully saturated rings. The lowest BCUT2D eigenvalue weighted by atomic mass is 9.93. The van der Waals surface area contributed by atoms with E-state index in [1.165, 1.54) is 23.0 Å². The predicted molar refractivity (Wildman–Crippen MR) is 146 cm³/mol. The van der Waals surface area contributed by atoms with E-state index in [4.69, 9.17) is 42.4 Å². The van der Waals surface area contributed by atoms with Gasteiger partial charge >= 0.3 is 5.97 Å². The van der Waals surface area contributed by atoms with Crippen LogP contribution in [-0.2, 0) is 9.53 Å². The Hall–Kier alpha value is -3.07. The number of aromatic nitrogens is 1. The van der Waals surface area contributed by atoms with Crippen molar-refractivity contribution in [3.8, 4) is 11.5 Å². The molecule has 0 saturated heterocycles. The van der Waals surface area contributed by atoms with E-state index < -0.39 is 12.0 Å². The van der Waals surface area contributed by atoms with Crippen molar-refractivity contribution >= 4 is 46.6 Å². The maximum atomic E-state index is 13.9. The molecule has 37 heavy (non-hydrogen) atoms. The Morgan fingerprint density at radius 3 is 2.41 bits per heavy atom. The van der Waals surface area contributed by atoms with E-state index in [0.717, 1.165) is 6.42 Å². The van der Waals surface area contributed by atoms with Gasteiger partial charge in [-0.1, -0.05) is 47.9 Å². The molecule has 4 rings (SSSR count). The second-order valence-electron chi connectivity index (χ2n) is 8.19. The molecule has 10 heteroatoms. The third kappa shape index (κ3) is 5.32. The molecule has 0 radical (unpaired) electrons. The summed E-state index contributed by atoms with van der Waals surface area (Å²) in [5, 5.41) is 0.954. The number of rotatable bonds is 8. The maximum Gasteiger partial charge on any atom is 0.338 e. The number of nitrogens with zero attached hydrogens (tertiary/aromatic N) is 2. The smallest absolute Gasteiger partial charge is 0.338 e. The molecule has 2 heterocycles. The van der Waals surface area contributed by atoms with Crippen LogP contribution in [0.3, 0.4) is 0 Å². The van der Waals surface area contributed by atoms with Crippen LogP contribution >= 0.6 is 34.5 Å². The van der Waals surface area contributed by atoms with E-state index in [1.54, 1.807) is 56.5 Å². The lowest BCUT2D eigenvalue weighted by Crippen LogP contribution is -2.40. The lowest BCUT2D eigenvalue weighted by molar-refractivity contribution is -0.139. The molecule has 3 aromatic rings. The highest BCUT2D eigenvalue weighted by Crippen LogP contribution is 2.38. The van der Waals surface area contributed by atoms with Gasteiger partial charge in [-0.2, -0.15) is 0 Å². The SMILES string of the molecule is CCCC1=C(C(=O)OCC)[C@H](c2cc(Cl)ccc2OC)n2c(s/c(=C/c3cc(Cl)ccc3OC)c2=O)=N1. The molecule has 1 atom stereocenters. The Morgan fingerprint density at radius 2 is 1.76 bits per heavy atom. The van der Waals surface area contributed by atoms with E-state index in [2.05, 4.69) is 0 Å². The van der Waals surface area contributed by atoms with Crippen LogP contribution in [0, 0.1) is 0 Å². The summed E-state index contributed by atoms with van der Waals surface area (Å²) in [4.78, 5) is 32.5. The summed E-state index contributed by atoms with van der Waals surface area (Å²) in [6, 6.07) is 9.45. The normalized spacial score (nSPS) is 15.3. The van der Waals surface area contributed by atoms with Crippen LogP contribution in [0.15, 0.2) is 57.5 Å². The lowest BCUT2D eigenvalue weighted by Gasteiger charge is -2.27. The number of carbonyl (C=O) groups is 1. The second kappa shape index (κ2) is 11.5. The number of allylic oxidation sites excluding steroid dienone is 1. The molecular weight excluding hydrogens is 535 g/mol. The van der Waals surface area contributed by atoms with Gasteiger partial charge in [-0.3, -0.25) is 9.36 Å². The monoisotopic (exact) mass is 560 g/mol. The number of hydrogen-bond donors (Lipinski definition) is 0. The number of esters is 1. The van der Waals surface area contributed by atoms with Crippen molar-refractivity contribution in [2.24, 2.45) is 4.99 Å². The Balaban J connectivity index is 2.07. The van der Waals surface area contributed by atoms with Gasteiger partial charge in [-0.15, -0.1) is 0 Å². The van der Waals surface area contributed by atoms with E-state index in [1.807, 2.05) is 6.92 Å². The molecule has 0 N–H and O–H groups in total. The van der Waals surface area contributed by atoms with Crippen LogP contribution in [0.1, 0.15) is 43.9 Å². The third-order valence-electron chi connectivity index (χ3n) is 5.86. The molecule has 0 unspecified atom stereocenters. The van der Waals surface area contributed by atoms with Crippen molar-refractivity contribution in [2.75, 3.05) is 20.8 Å². The highest BCUT2D eigenvalue weighted by molar-refractivity contribution is 7.07. The van der Waals surface area contributed by atoms with Gasteiger partial charge in [0.05, 0.1) is 36.6 Å². The number of halogens is 2. The van der Waals surface area contributed by atoms with Crippen molar-refractivity contribution in [3.63, 3.8) is 0 Å². The highest BCUT2D eigenvalue weighted by atomic mass is 35.5. The summed E-state index contributed by atoms with van der Waals surface area (Å²) in [5.41, 5.74) is 1.75. The molecule has 1 aliphatic rings. The standard InChI is InChI=1S/C27H26Cl2N2O5S/c1-5-7-19-23(26(33)36-6-2)24(18-14-17(29)9-11-21(18)35-4)31-25(32)22(37-27(31)30-19)13-15-12-16(28)8-10-20(15)34-3/h8-14,24H,5-7H2,1-4H3/b22-13+/t24-/m0/s1. The van der Waals surface area contributed by atoms with Crippen LogP contribution in [0.25, 0.3) is 6.08 Å². The Morgan fingerprint density at radius 1 is 1.08 bits per heavy atom.